The van der Waals surface area contributed by atoms with Crippen molar-refractivity contribution in [3.8, 4) is 0 Å². The van der Waals surface area contributed by atoms with E-state index in [1.807, 2.05) is 0 Å². The molecule has 0 bridgehead atoms. The highest BCUT2D eigenvalue weighted by Crippen LogP contribution is 1.94. The molecule has 0 aromatic carbocycles. The van der Waals surface area contributed by atoms with Gasteiger partial charge in [0.2, 0.25) is 5.91 Å². The van der Waals surface area contributed by atoms with Crippen LogP contribution in [0.2, 0.25) is 0 Å². The minimum Gasteiger partial charge on any atom is -0.368 e. The van der Waals surface area contributed by atoms with E-state index in [-0.39, 0.29) is 0 Å². The van der Waals surface area contributed by atoms with Gasteiger partial charge in [-0.2, -0.15) is 0 Å². The van der Waals surface area contributed by atoms with Crippen LogP contribution >= 0.6 is 0 Å². The third-order valence-electron chi connectivity index (χ3n) is 1.41. The van der Waals surface area contributed by atoms with E-state index in [2.05, 4.69) is 9.97 Å². The lowest BCUT2D eigenvalue weighted by Crippen LogP contribution is -2.38. The molecule has 1 aromatic rings. The first-order valence-electron chi connectivity index (χ1n) is 3.50. The van der Waals surface area contributed by atoms with Crippen LogP contribution < -0.4 is 11.5 Å². The normalized spacial score (nSPS) is 12.4. The van der Waals surface area contributed by atoms with Gasteiger partial charge in [0.25, 0.3) is 0 Å². The number of nitrogens with zero attached hydrogens (tertiary/aromatic N) is 2. The second-order valence-electron chi connectivity index (χ2n) is 2.41. The van der Waals surface area contributed by atoms with E-state index >= 15 is 0 Å². The lowest BCUT2D eigenvalue weighted by Gasteiger charge is -2.04. The van der Waals surface area contributed by atoms with Gasteiger partial charge in [0.05, 0.1) is 11.7 Å². The molecule has 1 aromatic heterocycles. The number of aromatic nitrogens is 2. The minimum atomic E-state index is -0.679. The standard InChI is InChI=1S/C7H10N4O/c8-6(7(9)12)3-5-4-10-1-2-11-5/h1-2,4,6H,3,8H2,(H2,9,12). The third kappa shape index (κ3) is 2.28. The molecule has 0 fully saturated rings. The van der Waals surface area contributed by atoms with Crippen molar-refractivity contribution in [2.45, 2.75) is 12.5 Å². The Bertz CT molecular complexity index is 261. The number of rotatable bonds is 3. The molecule has 0 aliphatic rings. The van der Waals surface area contributed by atoms with Crippen molar-refractivity contribution in [1.29, 1.82) is 0 Å². The molecule has 64 valence electrons. The molecule has 1 heterocycles. The molecular formula is C7H10N4O. The van der Waals surface area contributed by atoms with Crippen molar-refractivity contribution in [2.75, 3.05) is 0 Å². The maximum atomic E-state index is 10.6. The Kier molecular flexibility index (Phi) is 2.71. The number of primary amides is 1. The lowest BCUT2D eigenvalue weighted by atomic mass is 10.2. The summed E-state index contributed by atoms with van der Waals surface area (Å²) in [4.78, 5) is 18.3. The predicted molar refractivity (Wildman–Crippen MR) is 42.9 cm³/mol. The fourth-order valence-corrected chi connectivity index (χ4v) is 0.761. The quantitative estimate of drug-likeness (QED) is 0.591. The van der Waals surface area contributed by atoms with Crippen LogP contribution in [-0.4, -0.2) is 21.9 Å². The average Bonchev–Trinajstić information content (AvgIpc) is 2.06. The van der Waals surface area contributed by atoms with Crippen LogP contribution in [0, 0.1) is 0 Å². The molecule has 5 nitrogen and oxygen atoms in total. The Morgan fingerprint density at radius 3 is 2.83 bits per heavy atom. The van der Waals surface area contributed by atoms with E-state index in [0.29, 0.717) is 12.1 Å². The summed E-state index contributed by atoms with van der Waals surface area (Å²) in [5.74, 6) is -0.527. The summed E-state index contributed by atoms with van der Waals surface area (Å²) >= 11 is 0. The molecule has 0 aliphatic heterocycles. The number of nitrogens with two attached hydrogens (primary N) is 2. The Balaban J connectivity index is 2.58. The highest BCUT2D eigenvalue weighted by atomic mass is 16.1. The molecule has 1 unspecified atom stereocenters. The van der Waals surface area contributed by atoms with Crippen LogP contribution in [0.5, 0.6) is 0 Å². The first-order valence-corrected chi connectivity index (χ1v) is 3.50. The molecule has 0 radical (unpaired) electrons. The van der Waals surface area contributed by atoms with Crippen molar-refractivity contribution < 1.29 is 4.79 Å². The van der Waals surface area contributed by atoms with Crippen LogP contribution in [0.15, 0.2) is 18.6 Å². The summed E-state index contributed by atoms with van der Waals surface area (Å²) in [7, 11) is 0. The molecule has 0 saturated heterocycles. The molecular weight excluding hydrogens is 156 g/mol. The van der Waals surface area contributed by atoms with Gasteiger partial charge in [0.1, 0.15) is 0 Å². The molecule has 12 heavy (non-hydrogen) atoms. The van der Waals surface area contributed by atoms with Gasteiger partial charge in [-0.1, -0.05) is 0 Å². The van der Waals surface area contributed by atoms with Crippen molar-refractivity contribution in [1.82, 2.24) is 9.97 Å². The molecule has 1 atom stereocenters. The molecule has 1 rings (SSSR count). The van der Waals surface area contributed by atoms with Crippen molar-refractivity contribution >= 4 is 5.91 Å². The highest BCUT2D eigenvalue weighted by Gasteiger charge is 2.10. The first kappa shape index (κ1) is 8.61. The molecule has 4 N–H and O–H groups in total. The third-order valence-corrected chi connectivity index (χ3v) is 1.41. The van der Waals surface area contributed by atoms with Gasteiger partial charge in [-0.3, -0.25) is 14.8 Å². The van der Waals surface area contributed by atoms with E-state index in [9.17, 15) is 4.79 Å². The number of hydrogen-bond acceptors (Lipinski definition) is 4. The van der Waals surface area contributed by atoms with Crippen molar-refractivity contribution in [2.24, 2.45) is 11.5 Å². The van der Waals surface area contributed by atoms with E-state index in [1.165, 1.54) is 0 Å². The SMILES string of the molecule is NC(=O)C(N)Cc1cnccn1. The Hall–Kier alpha value is -1.49. The van der Waals surface area contributed by atoms with Crippen LogP contribution in [0.3, 0.4) is 0 Å². The van der Waals surface area contributed by atoms with Crippen LogP contribution in [-0.2, 0) is 11.2 Å². The number of carbonyl (C=O) groups excluding carboxylic acids is 1. The van der Waals surface area contributed by atoms with Gasteiger partial charge in [-0.05, 0) is 0 Å². The van der Waals surface area contributed by atoms with Gasteiger partial charge in [0.15, 0.2) is 0 Å². The number of amides is 1. The zero-order valence-corrected chi connectivity index (χ0v) is 6.47. The summed E-state index contributed by atoms with van der Waals surface area (Å²) in [6.07, 6.45) is 4.99. The monoisotopic (exact) mass is 166 g/mol. The van der Waals surface area contributed by atoms with Gasteiger partial charge >= 0.3 is 0 Å². The van der Waals surface area contributed by atoms with Gasteiger partial charge in [-0.15, -0.1) is 0 Å². The topological polar surface area (TPSA) is 94.9 Å². The van der Waals surface area contributed by atoms with E-state index < -0.39 is 11.9 Å². The van der Waals surface area contributed by atoms with Crippen molar-refractivity contribution in [3.63, 3.8) is 0 Å². The largest absolute Gasteiger partial charge is 0.368 e. The van der Waals surface area contributed by atoms with Crippen LogP contribution in [0.4, 0.5) is 0 Å². The number of carbonyl (C=O) groups is 1. The summed E-state index contributed by atoms with van der Waals surface area (Å²) in [6.45, 7) is 0. The summed E-state index contributed by atoms with van der Waals surface area (Å²) in [5, 5.41) is 0. The van der Waals surface area contributed by atoms with E-state index in [1.54, 1.807) is 18.6 Å². The maximum absolute atomic E-state index is 10.6. The number of hydrogen-bond donors (Lipinski definition) is 2. The summed E-state index contributed by atoms with van der Waals surface area (Å²) < 4.78 is 0. The Labute approximate surface area is 69.8 Å². The maximum Gasteiger partial charge on any atom is 0.234 e. The molecule has 5 heteroatoms. The zero-order valence-electron chi connectivity index (χ0n) is 6.47. The molecule has 0 aliphatic carbocycles. The fourth-order valence-electron chi connectivity index (χ4n) is 0.761. The fraction of sp³-hybridized carbons (Fsp3) is 0.286. The predicted octanol–water partition coefficient (Wildman–Crippen LogP) is -1.17. The van der Waals surface area contributed by atoms with Crippen LogP contribution in [0.1, 0.15) is 5.69 Å². The lowest BCUT2D eigenvalue weighted by molar-refractivity contribution is -0.119. The zero-order chi connectivity index (χ0) is 8.97. The van der Waals surface area contributed by atoms with Gasteiger partial charge in [-0.25, -0.2) is 0 Å². The minimum absolute atomic E-state index is 0.336. The van der Waals surface area contributed by atoms with E-state index in [4.69, 9.17) is 11.5 Å². The average molecular weight is 166 g/mol. The summed E-state index contributed by atoms with van der Waals surface area (Å²) in [6, 6.07) is -0.679. The molecule has 0 saturated carbocycles. The second kappa shape index (κ2) is 3.77. The Morgan fingerprint density at radius 1 is 1.58 bits per heavy atom. The molecule has 1 amide bonds. The first-order chi connectivity index (χ1) is 5.70. The van der Waals surface area contributed by atoms with Crippen molar-refractivity contribution in [3.05, 3.63) is 24.3 Å². The smallest absolute Gasteiger partial charge is 0.234 e. The highest BCUT2D eigenvalue weighted by molar-refractivity contribution is 5.79. The van der Waals surface area contributed by atoms with Crippen LogP contribution in [0.25, 0.3) is 0 Å². The van der Waals surface area contributed by atoms with E-state index in [0.717, 1.165) is 0 Å². The Morgan fingerprint density at radius 2 is 2.33 bits per heavy atom. The van der Waals surface area contributed by atoms with Gasteiger partial charge in [0, 0.05) is 25.0 Å². The molecule has 0 spiro atoms. The second-order valence-corrected chi connectivity index (χ2v) is 2.41. The van der Waals surface area contributed by atoms with Gasteiger partial charge < -0.3 is 11.5 Å². The summed E-state index contributed by atoms with van der Waals surface area (Å²) in [5.41, 5.74) is 11.0.